The van der Waals surface area contributed by atoms with E-state index in [1.165, 1.54) is 186 Å². The summed E-state index contributed by atoms with van der Waals surface area (Å²) in [6.07, 6.45) is 56.6. The second kappa shape index (κ2) is 51.1. The minimum atomic E-state index is -1.62. The Morgan fingerprint density at radius 1 is 0.441 bits per heavy atom. The van der Waals surface area contributed by atoms with Gasteiger partial charge in [0.25, 0.3) is 0 Å². The molecule has 68 heavy (non-hydrogen) atoms. The molecule has 9 heteroatoms. The summed E-state index contributed by atoms with van der Waals surface area (Å²) in [4.78, 5) is 37.2. The van der Waals surface area contributed by atoms with Crippen LogP contribution in [0, 0.1) is 0 Å². The Balaban J connectivity index is 4.15. The van der Waals surface area contributed by atoms with Crippen LogP contribution in [0.3, 0.4) is 0 Å². The fraction of sp³-hybridized carbons (Fsp3) is 0.881. The smallest absolute Gasteiger partial charge is 0.306 e. The Morgan fingerprint density at radius 2 is 0.794 bits per heavy atom. The number of aliphatic carboxylic acids is 1. The number of carbonyl (C=O) groups excluding carboxylic acids is 3. The Morgan fingerprint density at radius 3 is 1.18 bits per heavy atom. The molecule has 0 aromatic heterocycles. The average Bonchev–Trinajstić information content (AvgIpc) is 3.30. The zero-order valence-electron chi connectivity index (χ0n) is 45.5. The first-order chi connectivity index (χ1) is 33.1. The van der Waals surface area contributed by atoms with Gasteiger partial charge in [-0.3, -0.25) is 9.59 Å². The molecular weight excluding hydrogens is 851 g/mol. The molecular formula is C59H111NO8. The van der Waals surface area contributed by atoms with Crippen LogP contribution in [0.2, 0.25) is 0 Å². The SMILES string of the molecule is CCCCCC/C=C\C/C=C\CCCCCCCC(=O)OC(COC(=O)CCCCCCCCCCCCCCCCCCCCCCCCCCCCC)COC(OCC[N+](C)(C)C)C(=O)[O-]. The van der Waals surface area contributed by atoms with E-state index in [-0.39, 0.29) is 32.2 Å². The Kier molecular flexibility index (Phi) is 49.5. The second-order valence-electron chi connectivity index (χ2n) is 20.9. The average molecular weight is 963 g/mol. The molecule has 0 aromatic rings. The topological polar surface area (TPSA) is 111 Å². The number of allylic oxidation sites excluding steroid dienone is 4. The Hall–Kier alpha value is -2.23. The van der Waals surface area contributed by atoms with Gasteiger partial charge >= 0.3 is 11.9 Å². The molecule has 400 valence electrons. The summed E-state index contributed by atoms with van der Waals surface area (Å²) in [5, 5.41) is 11.8. The minimum absolute atomic E-state index is 0.147. The third kappa shape index (κ3) is 51.6. The van der Waals surface area contributed by atoms with Gasteiger partial charge in [-0.2, -0.15) is 0 Å². The summed E-state index contributed by atoms with van der Waals surface area (Å²) in [5.74, 6) is -2.28. The number of hydrogen-bond donors (Lipinski definition) is 0. The van der Waals surface area contributed by atoms with Gasteiger partial charge in [-0.05, 0) is 44.9 Å². The van der Waals surface area contributed by atoms with Crippen molar-refractivity contribution >= 4 is 17.9 Å². The molecule has 0 spiro atoms. The van der Waals surface area contributed by atoms with Crippen molar-refractivity contribution < 1.29 is 42.9 Å². The molecule has 2 atom stereocenters. The van der Waals surface area contributed by atoms with Crippen LogP contribution in [-0.2, 0) is 33.3 Å². The van der Waals surface area contributed by atoms with E-state index in [1.54, 1.807) is 0 Å². The summed E-state index contributed by atoms with van der Waals surface area (Å²) < 4.78 is 22.7. The number of carboxylic acids is 1. The predicted molar refractivity (Wildman–Crippen MR) is 283 cm³/mol. The number of unbranched alkanes of at least 4 members (excludes halogenated alkanes) is 35. The first-order valence-corrected chi connectivity index (χ1v) is 29.0. The van der Waals surface area contributed by atoms with Gasteiger partial charge in [0.1, 0.15) is 13.2 Å². The van der Waals surface area contributed by atoms with Crippen molar-refractivity contribution in [3.8, 4) is 0 Å². The molecule has 0 radical (unpaired) electrons. The Bertz CT molecular complexity index is 1170. The number of carboxylic acid groups (broad SMARTS) is 1. The van der Waals surface area contributed by atoms with Gasteiger partial charge in [0.05, 0.1) is 40.3 Å². The van der Waals surface area contributed by atoms with E-state index in [9.17, 15) is 19.5 Å². The van der Waals surface area contributed by atoms with Crippen molar-refractivity contribution in [3.63, 3.8) is 0 Å². The maximum absolute atomic E-state index is 12.8. The van der Waals surface area contributed by atoms with Crippen LogP contribution < -0.4 is 5.11 Å². The van der Waals surface area contributed by atoms with Gasteiger partial charge in [-0.15, -0.1) is 0 Å². The molecule has 0 amide bonds. The van der Waals surface area contributed by atoms with Crippen LogP contribution in [0.15, 0.2) is 24.3 Å². The number of ether oxygens (including phenoxy) is 4. The maximum atomic E-state index is 12.8. The number of esters is 2. The van der Waals surface area contributed by atoms with Gasteiger partial charge < -0.3 is 33.3 Å². The lowest BCUT2D eigenvalue weighted by Crippen LogP contribution is -2.44. The van der Waals surface area contributed by atoms with Crippen LogP contribution in [0.5, 0.6) is 0 Å². The maximum Gasteiger partial charge on any atom is 0.306 e. The van der Waals surface area contributed by atoms with Gasteiger partial charge in [0.15, 0.2) is 12.4 Å². The summed E-state index contributed by atoms with van der Waals surface area (Å²) in [6, 6.07) is 0. The van der Waals surface area contributed by atoms with E-state index in [0.29, 0.717) is 23.9 Å². The molecule has 0 saturated carbocycles. The van der Waals surface area contributed by atoms with Gasteiger partial charge in [0.2, 0.25) is 0 Å². The van der Waals surface area contributed by atoms with Gasteiger partial charge in [0, 0.05) is 12.8 Å². The van der Waals surface area contributed by atoms with Crippen molar-refractivity contribution in [2.75, 3.05) is 47.5 Å². The Labute approximate surface area is 420 Å². The third-order valence-electron chi connectivity index (χ3n) is 13.0. The van der Waals surface area contributed by atoms with Crippen molar-refractivity contribution in [1.29, 1.82) is 0 Å². The van der Waals surface area contributed by atoms with Gasteiger partial charge in [-0.25, -0.2) is 0 Å². The highest BCUT2D eigenvalue weighted by Crippen LogP contribution is 2.17. The van der Waals surface area contributed by atoms with E-state index >= 15 is 0 Å². The van der Waals surface area contributed by atoms with Crippen molar-refractivity contribution in [3.05, 3.63) is 24.3 Å². The molecule has 0 heterocycles. The van der Waals surface area contributed by atoms with E-state index in [0.717, 1.165) is 57.8 Å². The van der Waals surface area contributed by atoms with Crippen LogP contribution in [0.4, 0.5) is 0 Å². The quantitative estimate of drug-likeness (QED) is 0.0195. The highest BCUT2D eigenvalue weighted by atomic mass is 16.7. The lowest BCUT2D eigenvalue weighted by atomic mass is 10.0. The molecule has 0 rings (SSSR count). The summed E-state index contributed by atoms with van der Waals surface area (Å²) >= 11 is 0. The highest BCUT2D eigenvalue weighted by Gasteiger charge is 2.22. The fourth-order valence-electron chi connectivity index (χ4n) is 8.45. The van der Waals surface area contributed by atoms with E-state index < -0.39 is 24.3 Å². The molecule has 0 saturated heterocycles. The predicted octanol–water partition coefficient (Wildman–Crippen LogP) is 15.4. The first kappa shape index (κ1) is 65.8. The summed E-state index contributed by atoms with van der Waals surface area (Å²) in [6.45, 7) is 4.75. The molecule has 0 aliphatic rings. The monoisotopic (exact) mass is 962 g/mol. The molecule has 0 bridgehead atoms. The van der Waals surface area contributed by atoms with Crippen molar-refractivity contribution in [1.82, 2.24) is 0 Å². The van der Waals surface area contributed by atoms with E-state index in [2.05, 4.69) is 38.2 Å². The molecule has 0 fully saturated rings. The molecule has 0 aliphatic carbocycles. The summed E-state index contributed by atoms with van der Waals surface area (Å²) in [5.41, 5.74) is 0. The molecule has 2 unspecified atom stereocenters. The zero-order valence-corrected chi connectivity index (χ0v) is 45.5. The highest BCUT2D eigenvalue weighted by molar-refractivity contribution is 5.70. The third-order valence-corrected chi connectivity index (χ3v) is 13.0. The summed E-state index contributed by atoms with van der Waals surface area (Å²) in [7, 11) is 5.92. The van der Waals surface area contributed by atoms with Crippen LogP contribution >= 0.6 is 0 Å². The van der Waals surface area contributed by atoms with Crippen LogP contribution in [0.25, 0.3) is 0 Å². The largest absolute Gasteiger partial charge is 0.545 e. The number of quaternary nitrogens is 1. The second-order valence-corrected chi connectivity index (χ2v) is 20.9. The number of carbonyl (C=O) groups is 3. The molecule has 0 N–H and O–H groups in total. The van der Waals surface area contributed by atoms with Crippen LogP contribution in [0.1, 0.15) is 277 Å². The minimum Gasteiger partial charge on any atom is -0.545 e. The first-order valence-electron chi connectivity index (χ1n) is 29.0. The van der Waals surface area contributed by atoms with Gasteiger partial charge in [-0.1, -0.05) is 244 Å². The molecule has 9 nitrogen and oxygen atoms in total. The van der Waals surface area contributed by atoms with Crippen molar-refractivity contribution in [2.24, 2.45) is 0 Å². The van der Waals surface area contributed by atoms with Crippen molar-refractivity contribution in [2.45, 2.75) is 289 Å². The molecule has 0 aromatic carbocycles. The standard InChI is InChI=1S/C59H111NO8/c1-6-8-10-12-14-16-18-20-22-24-25-26-27-28-29-30-31-32-33-34-36-37-39-41-43-45-47-49-56(61)66-53-55(54-67-59(58(63)64)65-52-51-60(3,4)5)68-57(62)50-48-46-44-42-40-38-35-23-21-19-17-15-13-11-9-7-2/h17,19,23,35,55,59H,6-16,18,20-22,24-34,36-54H2,1-5H3/b19-17-,35-23-. The number of nitrogens with zero attached hydrogens (tertiary/aromatic N) is 1. The lowest BCUT2D eigenvalue weighted by Gasteiger charge is -2.26. The zero-order chi connectivity index (χ0) is 49.9. The number of rotatable bonds is 54. The van der Waals surface area contributed by atoms with E-state index in [4.69, 9.17) is 18.9 Å². The lowest BCUT2D eigenvalue weighted by molar-refractivity contribution is -0.870. The van der Waals surface area contributed by atoms with Crippen LogP contribution in [-0.4, -0.2) is 82.3 Å². The number of hydrogen-bond acceptors (Lipinski definition) is 8. The fourth-order valence-corrected chi connectivity index (χ4v) is 8.45. The number of likely N-dealkylation sites (N-methyl/N-ethyl adjacent to an activating group) is 1. The van der Waals surface area contributed by atoms with E-state index in [1.807, 2.05) is 21.1 Å². The normalized spacial score (nSPS) is 12.9. The molecule has 0 aliphatic heterocycles.